The molecule has 2 aliphatic carbocycles. The molecule has 1 saturated heterocycles. The normalized spacial score (nSPS) is 36.8. The van der Waals surface area contributed by atoms with Gasteiger partial charge in [0.25, 0.3) is 0 Å². The highest BCUT2D eigenvalue weighted by molar-refractivity contribution is 5.09. The van der Waals surface area contributed by atoms with E-state index in [2.05, 4.69) is 24.1 Å². The van der Waals surface area contributed by atoms with E-state index in [4.69, 9.17) is 0 Å². The van der Waals surface area contributed by atoms with Crippen molar-refractivity contribution in [2.45, 2.75) is 75.9 Å². The molecule has 0 amide bonds. The third-order valence-electron chi connectivity index (χ3n) is 5.33. The molecular formula is C14H26N2. The molecule has 1 atom stereocenters. The van der Waals surface area contributed by atoms with Crippen LogP contribution in [0.4, 0.5) is 0 Å². The number of nitrogens with zero attached hydrogens (tertiary/aromatic N) is 1. The average molecular weight is 222 g/mol. The van der Waals surface area contributed by atoms with E-state index in [0.29, 0.717) is 11.1 Å². The van der Waals surface area contributed by atoms with Crippen LogP contribution >= 0.6 is 0 Å². The Balaban J connectivity index is 1.76. The summed E-state index contributed by atoms with van der Waals surface area (Å²) in [6, 6.07) is 0.790. The number of piperazine rings is 1. The molecule has 16 heavy (non-hydrogen) atoms. The summed E-state index contributed by atoms with van der Waals surface area (Å²) in [4.78, 5) is 2.86. The third kappa shape index (κ3) is 1.70. The van der Waals surface area contributed by atoms with E-state index >= 15 is 0 Å². The Morgan fingerprint density at radius 2 is 1.88 bits per heavy atom. The van der Waals surface area contributed by atoms with Crippen molar-refractivity contribution in [3.63, 3.8) is 0 Å². The second kappa shape index (κ2) is 3.71. The highest BCUT2D eigenvalue weighted by atomic mass is 15.3. The summed E-state index contributed by atoms with van der Waals surface area (Å²) in [7, 11) is 0. The third-order valence-corrected chi connectivity index (χ3v) is 5.33. The molecule has 3 aliphatic rings. The summed E-state index contributed by atoms with van der Waals surface area (Å²) in [5.41, 5.74) is 1.07. The largest absolute Gasteiger partial charge is 0.308 e. The van der Waals surface area contributed by atoms with Gasteiger partial charge < -0.3 is 5.32 Å². The van der Waals surface area contributed by atoms with Gasteiger partial charge in [0, 0.05) is 30.2 Å². The van der Waals surface area contributed by atoms with E-state index in [0.717, 1.165) is 6.04 Å². The molecule has 2 saturated carbocycles. The van der Waals surface area contributed by atoms with Crippen LogP contribution in [0.15, 0.2) is 0 Å². The van der Waals surface area contributed by atoms with Gasteiger partial charge in [-0.05, 0) is 39.0 Å². The van der Waals surface area contributed by atoms with Crippen LogP contribution in [-0.2, 0) is 0 Å². The molecule has 2 nitrogen and oxygen atoms in total. The molecule has 0 aromatic rings. The summed E-state index contributed by atoms with van der Waals surface area (Å²) in [5, 5.41) is 3.88. The molecule has 1 unspecified atom stereocenters. The van der Waals surface area contributed by atoms with Crippen LogP contribution in [0.5, 0.6) is 0 Å². The minimum absolute atomic E-state index is 0.497. The van der Waals surface area contributed by atoms with Crippen LogP contribution in [0.25, 0.3) is 0 Å². The molecular weight excluding hydrogens is 196 g/mol. The van der Waals surface area contributed by atoms with Crippen molar-refractivity contribution in [2.75, 3.05) is 13.1 Å². The Labute approximate surface area is 99.8 Å². The summed E-state index contributed by atoms with van der Waals surface area (Å²) in [6.07, 6.45) is 9.87. The highest BCUT2D eigenvalue weighted by Crippen LogP contribution is 2.46. The Morgan fingerprint density at radius 3 is 2.44 bits per heavy atom. The summed E-state index contributed by atoms with van der Waals surface area (Å²) in [5.74, 6) is 0. The lowest BCUT2D eigenvalue weighted by Crippen LogP contribution is -2.65. The molecule has 92 valence electrons. The molecule has 1 heterocycles. The quantitative estimate of drug-likeness (QED) is 0.772. The molecule has 0 aromatic heterocycles. The fraction of sp³-hybridized carbons (Fsp3) is 1.00. The lowest BCUT2D eigenvalue weighted by atomic mass is 9.90. The number of rotatable bonds is 2. The van der Waals surface area contributed by atoms with E-state index in [9.17, 15) is 0 Å². The van der Waals surface area contributed by atoms with Gasteiger partial charge in [0.1, 0.15) is 0 Å². The fourth-order valence-electron chi connectivity index (χ4n) is 3.81. The van der Waals surface area contributed by atoms with Crippen molar-refractivity contribution in [2.24, 2.45) is 0 Å². The maximum Gasteiger partial charge on any atom is 0.0309 e. The molecule has 1 spiro atoms. The van der Waals surface area contributed by atoms with Gasteiger partial charge >= 0.3 is 0 Å². The zero-order valence-electron chi connectivity index (χ0n) is 10.9. The van der Waals surface area contributed by atoms with E-state index in [-0.39, 0.29) is 0 Å². The monoisotopic (exact) mass is 222 g/mol. The smallest absolute Gasteiger partial charge is 0.0309 e. The van der Waals surface area contributed by atoms with Gasteiger partial charge in [0.05, 0.1) is 0 Å². The SMILES string of the molecule is CCC1CNC2(CCCC2)CN1C1(C)CC1. The van der Waals surface area contributed by atoms with Gasteiger partial charge in [-0.3, -0.25) is 4.90 Å². The predicted octanol–water partition coefficient (Wildman–Crippen LogP) is 2.54. The fourth-order valence-corrected chi connectivity index (χ4v) is 3.81. The number of hydrogen-bond donors (Lipinski definition) is 1. The second-order valence-corrected chi connectivity index (χ2v) is 6.56. The minimum atomic E-state index is 0.497. The topological polar surface area (TPSA) is 15.3 Å². The van der Waals surface area contributed by atoms with Crippen molar-refractivity contribution in [1.29, 1.82) is 0 Å². The first-order chi connectivity index (χ1) is 7.68. The molecule has 2 heteroatoms. The van der Waals surface area contributed by atoms with Crippen molar-refractivity contribution >= 4 is 0 Å². The average Bonchev–Trinajstić information content (AvgIpc) is 2.89. The summed E-state index contributed by atoms with van der Waals surface area (Å²) in [6.45, 7) is 7.37. The van der Waals surface area contributed by atoms with Gasteiger partial charge in [0.15, 0.2) is 0 Å². The van der Waals surface area contributed by atoms with E-state index in [1.54, 1.807) is 0 Å². The summed E-state index contributed by atoms with van der Waals surface area (Å²) < 4.78 is 0. The van der Waals surface area contributed by atoms with E-state index in [1.165, 1.54) is 58.0 Å². The first kappa shape index (κ1) is 11.0. The molecule has 1 N–H and O–H groups in total. The van der Waals surface area contributed by atoms with Gasteiger partial charge in [-0.15, -0.1) is 0 Å². The first-order valence-electron chi connectivity index (χ1n) is 7.19. The van der Waals surface area contributed by atoms with Gasteiger partial charge in [-0.2, -0.15) is 0 Å². The van der Waals surface area contributed by atoms with Crippen LogP contribution in [-0.4, -0.2) is 35.1 Å². The maximum atomic E-state index is 3.88. The molecule has 0 bridgehead atoms. The molecule has 0 aromatic carbocycles. The van der Waals surface area contributed by atoms with Crippen LogP contribution < -0.4 is 5.32 Å². The van der Waals surface area contributed by atoms with Gasteiger partial charge in [0.2, 0.25) is 0 Å². The van der Waals surface area contributed by atoms with Crippen LogP contribution in [0.3, 0.4) is 0 Å². The second-order valence-electron chi connectivity index (χ2n) is 6.56. The van der Waals surface area contributed by atoms with Crippen LogP contribution in [0.1, 0.15) is 58.8 Å². The summed E-state index contributed by atoms with van der Waals surface area (Å²) >= 11 is 0. The highest BCUT2D eigenvalue weighted by Gasteiger charge is 2.51. The van der Waals surface area contributed by atoms with Gasteiger partial charge in [-0.25, -0.2) is 0 Å². The van der Waals surface area contributed by atoms with Gasteiger partial charge in [-0.1, -0.05) is 19.8 Å². The lowest BCUT2D eigenvalue weighted by Gasteiger charge is -2.49. The Hall–Kier alpha value is -0.0800. The molecule has 3 fully saturated rings. The Bertz CT molecular complexity index is 264. The van der Waals surface area contributed by atoms with Crippen molar-refractivity contribution < 1.29 is 0 Å². The predicted molar refractivity (Wildman–Crippen MR) is 67.6 cm³/mol. The molecule has 3 rings (SSSR count). The molecule has 0 radical (unpaired) electrons. The minimum Gasteiger partial charge on any atom is -0.308 e. The zero-order chi connectivity index (χ0) is 11.2. The van der Waals surface area contributed by atoms with Crippen molar-refractivity contribution in [1.82, 2.24) is 10.2 Å². The maximum absolute atomic E-state index is 3.88. The zero-order valence-corrected chi connectivity index (χ0v) is 10.9. The van der Waals surface area contributed by atoms with E-state index in [1.807, 2.05) is 0 Å². The lowest BCUT2D eigenvalue weighted by molar-refractivity contribution is 0.0362. The number of nitrogens with one attached hydrogen (secondary N) is 1. The van der Waals surface area contributed by atoms with Crippen LogP contribution in [0.2, 0.25) is 0 Å². The first-order valence-corrected chi connectivity index (χ1v) is 7.19. The van der Waals surface area contributed by atoms with Crippen molar-refractivity contribution in [3.8, 4) is 0 Å². The Kier molecular flexibility index (Phi) is 2.56. The standard InChI is InChI=1S/C14H26N2/c1-3-12-10-15-14(6-4-5-7-14)11-16(12)13(2)8-9-13/h12,15H,3-11H2,1-2H3. The van der Waals surface area contributed by atoms with Crippen molar-refractivity contribution in [3.05, 3.63) is 0 Å². The Morgan fingerprint density at radius 1 is 1.19 bits per heavy atom. The van der Waals surface area contributed by atoms with Crippen LogP contribution in [0, 0.1) is 0 Å². The molecule has 1 aliphatic heterocycles. The number of hydrogen-bond acceptors (Lipinski definition) is 2. The van der Waals surface area contributed by atoms with E-state index < -0.39 is 0 Å².